The van der Waals surface area contributed by atoms with E-state index in [2.05, 4.69) is 42.3 Å². The Morgan fingerprint density at radius 3 is 2.91 bits per heavy atom. The lowest BCUT2D eigenvalue weighted by atomic mass is 9.86. The average Bonchev–Trinajstić information content (AvgIpc) is 2.49. The fourth-order valence-electron chi connectivity index (χ4n) is 3.92. The molecule has 1 aromatic rings. The van der Waals surface area contributed by atoms with Gasteiger partial charge in [-0.15, -0.1) is 0 Å². The third kappa shape index (κ3) is 3.45. The Kier molecular flexibility index (Phi) is 4.70. The number of carbonyl (C=O) groups excluding carboxylic acids is 1. The molecule has 3 nitrogen and oxygen atoms in total. The summed E-state index contributed by atoms with van der Waals surface area (Å²) in [6, 6.07) is 6.98. The second-order valence-electron chi connectivity index (χ2n) is 7.09. The second kappa shape index (κ2) is 6.72. The predicted octanol–water partition coefficient (Wildman–Crippen LogP) is 3.44. The van der Waals surface area contributed by atoms with Crippen LogP contribution in [-0.4, -0.2) is 25.0 Å². The molecule has 1 aliphatic carbocycles. The van der Waals surface area contributed by atoms with E-state index in [9.17, 15) is 4.79 Å². The van der Waals surface area contributed by atoms with Crippen molar-refractivity contribution in [3.8, 4) is 0 Å². The Hall–Kier alpha value is -1.51. The topological polar surface area (TPSA) is 32.3 Å². The van der Waals surface area contributed by atoms with Crippen molar-refractivity contribution < 1.29 is 4.79 Å². The van der Waals surface area contributed by atoms with Crippen molar-refractivity contribution >= 4 is 11.6 Å². The van der Waals surface area contributed by atoms with E-state index >= 15 is 0 Å². The predicted molar refractivity (Wildman–Crippen MR) is 91.3 cm³/mol. The Balaban J connectivity index is 1.63. The molecule has 3 heteroatoms. The SMILES string of the molecule is Cc1ccc2c(c1)CCCN2CC(=O)N[C@H]1CCCC[C@@H]1C. The number of hydrogen-bond donors (Lipinski definition) is 1. The third-order valence-electron chi connectivity index (χ3n) is 5.24. The number of nitrogens with zero attached hydrogens (tertiary/aromatic N) is 1. The normalized spacial score (nSPS) is 24.7. The number of anilines is 1. The summed E-state index contributed by atoms with van der Waals surface area (Å²) in [5.41, 5.74) is 3.95. The Morgan fingerprint density at radius 2 is 2.09 bits per heavy atom. The monoisotopic (exact) mass is 300 g/mol. The zero-order chi connectivity index (χ0) is 15.5. The summed E-state index contributed by atoms with van der Waals surface area (Å²) in [6.07, 6.45) is 7.23. The van der Waals surface area contributed by atoms with Gasteiger partial charge in [-0.1, -0.05) is 37.5 Å². The number of nitrogens with one attached hydrogen (secondary N) is 1. The fraction of sp³-hybridized carbons (Fsp3) is 0.632. The fourth-order valence-corrected chi connectivity index (χ4v) is 3.92. The zero-order valence-corrected chi connectivity index (χ0v) is 13.9. The molecule has 0 spiro atoms. The number of hydrogen-bond acceptors (Lipinski definition) is 2. The van der Waals surface area contributed by atoms with Crippen LogP contribution in [0.25, 0.3) is 0 Å². The zero-order valence-electron chi connectivity index (χ0n) is 13.9. The van der Waals surface area contributed by atoms with Crippen LogP contribution in [0.3, 0.4) is 0 Å². The molecule has 2 aliphatic rings. The lowest BCUT2D eigenvalue weighted by molar-refractivity contribution is -0.121. The summed E-state index contributed by atoms with van der Waals surface area (Å²) in [6.45, 7) is 5.89. The summed E-state index contributed by atoms with van der Waals surface area (Å²) >= 11 is 0. The van der Waals surface area contributed by atoms with Crippen LogP contribution in [-0.2, 0) is 11.2 Å². The molecular weight excluding hydrogens is 272 g/mol. The van der Waals surface area contributed by atoms with Crippen LogP contribution in [0, 0.1) is 12.8 Å². The van der Waals surface area contributed by atoms with E-state index in [1.807, 2.05) is 0 Å². The highest BCUT2D eigenvalue weighted by Gasteiger charge is 2.24. The van der Waals surface area contributed by atoms with E-state index in [0.29, 0.717) is 18.5 Å². The molecule has 1 saturated carbocycles. The molecule has 1 heterocycles. The molecule has 3 rings (SSSR count). The summed E-state index contributed by atoms with van der Waals surface area (Å²) in [5, 5.41) is 3.28. The highest BCUT2D eigenvalue weighted by atomic mass is 16.2. The molecule has 120 valence electrons. The molecule has 1 fully saturated rings. The minimum Gasteiger partial charge on any atom is -0.362 e. The number of carbonyl (C=O) groups is 1. The molecule has 22 heavy (non-hydrogen) atoms. The van der Waals surface area contributed by atoms with Crippen molar-refractivity contribution in [2.24, 2.45) is 5.92 Å². The maximum atomic E-state index is 12.4. The smallest absolute Gasteiger partial charge is 0.239 e. The van der Waals surface area contributed by atoms with Crippen LogP contribution >= 0.6 is 0 Å². The molecule has 0 saturated heterocycles. The van der Waals surface area contributed by atoms with Gasteiger partial charge in [-0.2, -0.15) is 0 Å². The molecule has 1 amide bonds. The van der Waals surface area contributed by atoms with E-state index < -0.39 is 0 Å². The molecule has 0 aromatic heterocycles. The summed E-state index contributed by atoms with van der Waals surface area (Å²) < 4.78 is 0. The largest absolute Gasteiger partial charge is 0.362 e. The average molecular weight is 300 g/mol. The molecule has 0 radical (unpaired) electrons. The first kappa shape index (κ1) is 15.4. The maximum Gasteiger partial charge on any atom is 0.239 e. The Bertz CT molecular complexity index is 540. The first-order valence-electron chi connectivity index (χ1n) is 8.77. The quantitative estimate of drug-likeness (QED) is 0.927. The first-order chi connectivity index (χ1) is 10.6. The van der Waals surface area contributed by atoms with Gasteiger partial charge < -0.3 is 10.2 Å². The van der Waals surface area contributed by atoms with Gasteiger partial charge in [-0.3, -0.25) is 4.79 Å². The van der Waals surface area contributed by atoms with E-state index in [4.69, 9.17) is 0 Å². The second-order valence-corrected chi connectivity index (χ2v) is 7.09. The van der Waals surface area contributed by atoms with Gasteiger partial charge in [-0.25, -0.2) is 0 Å². The minimum atomic E-state index is 0.187. The van der Waals surface area contributed by atoms with E-state index in [-0.39, 0.29) is 5.91 Å². The molecule has 0 bridgehead atoms. The highest BCUT2D eigenvalue weighted by Crippen LogP contribution is 2.28. The number of fused-ring (bicyclic) bond motifs is 1. The summed E-state index contributed by atoms with van der Waals surface area (Å²) in [5.74, 6) is 0.807. The van der Waals surface area contributed by atoms with Gasteiger partial charge in [-0.05, 0) is 50.2 Å². The molecule has 1 aliphatic heterocycles. The van der Waals surface area contributed by atoms with Crippen LogP contribution < -0.4 is 10.2 Å². The van der Waals surface area contributed by atoms with Crippen molar-refractivity contribution in [1.82, 2.24) is 5.32 Å². The van der Waals surface area contributed by atoms with E-state index in [0.717, 1.165) is 25.8 Å². The van der Waals surface area contributed by atoms with Gasteiger partial charge in [0.15, 0.2) is 0 Å². The van der Waals surface area contributed by atoms with Gasteiger partial charge in [0.25, 0.3) is 0 Å². The molecule has 1 aromatic carbocycles. The van der Waals surface area contributed by atoms with Crippen molar-refractivity contribution in [2.75, 3.05) is 18.0 Å². The van der Waals surface area contributed by atoms with E-state index in [1.165, 1.54) is 36.1 Å². The molecule has 0 unspecified atom stereocenters. The van der Waals surface area contributed by atoms with Gasteiger partial charge >= 0.3 is 0 Å². The summed E-state index contributed by atoms with van der Waals surface area (Å²) in [7, 11) is 0. The van der Waals surface area contributed by atoms with Crippen molar-refractivity contribution in [3.63, 3.8) is 0 Å². The van der Waals surface area contributed by atoms with Crippen LogP contribution in [0.2, 0.25) is 0 Å². The third-order valence-corrected chi connectivity index (χ3v) is 5.24. The number of aryl methyl sites for hydroxylation is 2. The van der Waals surface area contributed by atoms with Crippen molar-refractivity contribution in [3.05, 3.63) is 29.3 Å². The van der Waals surface area contributed by atoms with Crippen molar-refractivity contribution in [2.45, 2.75) is 58.4 Å². The van der Waals surface area contributed by atoms with E-state index in [1.54, 1.807) is 0 Å². The van der Waals surface area contributed by atoms with Gasteiger partial charge in [0.05, 0.1) is 6.54 Å². The maximum absolute atomic E-state index is 12.4. The minimum absolute atomic E-state index is 0.187. The lowest BCUT2D eigenvalue weighted by Crippen LogP contribution is -2.46. The lowest BCUT2D eigenvalue weighted by Gasteiger charge is -2.33. The van der Waals surface area contributed by atoms with Crippen LogP contribution in [0.15, 0.2) is 18.2 Å². The highest BCUT2D eigenvalue weighted by molar-refractivity contribution is 5.82. The number of rotatable bonds is 3. The van der Waals surface area contributed by atoms with Crippen LogP contribution in [0.1, 0.15) is 50.2 Å². The van der Waals surface area contributed by atoms with Gasteiger partial charge in [0.2, 0.25) is 5.91 Å². The Morgan fingerprint density at radius 1 is 1.27 bits per heavy atom. The standard InChI is InChI=1S/C19H28N2O/c1-14-9-10-18-16(12-14)7-5-11-21(18)13-19(22)20-17-8-4-3-6-15(17)2/h9-10,12,15,17H,3-8,11,13H2,1-2H3,(H,20,22)/t15-,17-/m0/s1. The number of amides is 1. The summed E-state index contributed by atoms with van der Waals surface area (Å²) in [4.78, 5) is 14.7. The number of benzene rings is 1. The van der Waals surface area contributed by atoms with Crippen molar-refractivity contribution in [1.29, 1.82) is 0 Å². The van der Waals surface area contributed by atoms with Gasteiger partial charge in [0, 0.05) is 18.3 Å². The molecule has 1 N–H and O–H groups in total. The van der Waals surface area contributed by atoms with Crippen LogP contribution in [0.4, 0.5) is 5.69 Å². The molecule has 2 atom stereocenters. The van der Waals surface area contributed by atoms with Gasteiger partial charge in [0.1, 0.15) is 0 Å². The first-order valence-corrected chi connectivity index (χ1v) is 8.77. The Labute approximate surface area is 134 Å². The van der Waals surface area contributed by atoms with Crippen LogP contribution in [0.5, 0.6) is 0 Å². The molecular formula is C19H28N2O.